The lowest BCUT2D eigenvalue weighted by molar-refractivity contribution is -0.153. The van der Waals surface area contributed by atoms with E-state index in [1.165, 1.54) is 0 Å². The summed E-state index contributed by atoms with van der Waals surface area (Å²) in [5.41, 5.74) is 0.364. The third kappa shape index (κ3) is 6.72. The molecule has 1 atom stereocenters. The Labute approximate surface area is 104 Å². The molecule has 0 fully saturated rings. The summed E-state index contributed by atoms with van der Waals surface area (Å²) in [5.74, 6) is -0.920. The van der Waals surface area contributed by atoms with Gasteiger partial charge in [0.15, 0.2) is 0 Å². The summed E-state index contributed by atoms with van der Waals surface area (Å²) in [6.45, 7) is 11.1. The van der Waals surface area contributed by atoms with Gasteiger partial charge in [0.25, 0.3) is 0 Å². The van der Waals surface area contributed by atoms with Crippen molar-refractivity contribution < 1.29 is 14.3 Å². The Balaban J connectivity index is 4.16. The van der Waals surface area contributed by atoms with Crippen LogP contribution in [0.2, 0.25) is 0 Å². The maximum atomic E-state index is 11.4. The fourth-order valence-electron chi connectivity index (χ4n) is 1.58. The van der Waals surface area contributed by atoms with Gasteiger partial charge in [-0.2, -0.15) is 0 Å². The Bertz CT molecular complexity index is 292. The number of unbranched alkanes of at least 4 members (excludes halogenated alkanes) is 1. The van der Waals surface area contributed by atoms with E-state index in [9.17, 15) is 9.59 Å². The Hall–Kier alpha value is -1.38. The van der Waals surface area contributed by atoms with Crippen molar-refractivity contribution in [2.24, 2.45) is 5.92 Å². The summed E-state index contributed by atoms with van der Waals surface area (Å²) >= 11 is 0. The van der Waals surface area contributed by atoms with Gasteiger partial charge in [0.2, 0.25) is 0 Å². The van der Waals surface area contributed by atoms with Gasteiger partial charge in [0.05, 0.1) is 0 Å². The Kier molecular flexibility index (Phi) is 8.03. The first kappa shape index (κ1) is 15.6. The number of hydrogen-bond donors (Lipinski definition) is 0. The zero-order valence-electron chi connectivity index (χ0n) is 10.8. The van der Waals surface area contributed by atoms with Gasteiger partial charge in [0, 0.05) is 11.6 Å². The van der Waals surface area contributed by atoms with Crippen molar-refractivity contribution in [1.29, 1.82) is 0 Å². The summed E-state index contributed by atoms with van der Waals surface area (Å²) in [7, 11) is 0. The van der Waals surface area contributed by atoms with Gasteiger partial charge in [-0.1, -0.05) is 52.7 Å². The van der Waals surface area contributed by atoms with Crippen LogP contribution in [0.5, 0.6) is 0 Å². The van der Waals surface area contributed by atoms with Gasteiger partial charge in [-0.15, -0.1) is 0 Å². The molecule has 0 aromatic heterocycles. The van der Waals surface area contributed by atoms with Crippen LogP contribution in [0.3, 0.4) is 0 Å². The molecular formula is C14H22O3. The van der Waals surface area contributed by atoms with Crippen LogP contribution in [0.1, 0.15) is 46.0 Å². The topological polar surface area (TPSA) is 43.4 Å². The molecule has 0 amide bonds. The molecule has 0 bridgehead atoms. The van der Waals surface area contributed by atoms with E-state index >= 15 is 0 Å². The van der Waals surface area contributed by atoms with Crippen LogP contribution in [0.4, 0.5) is 0 Å². The first-order chi connectivity index (χ1) is 8.04. The normalized spacial score (nSPS) is 11.6. The summed E-state index contributed by atoms with van der Waals surface area (Å²) in [6.07, 6.45) is 5.94. The minimum Gasteiger partial charge on any atom is -0.386 e. The second-order valence-electron chi connectivity index (χ2n) is 4.14. The van der Waals surface area contributed by atoms with Gasteiger partial charge in [0.1, 0.15) is 0 Å². The number of esters is 2. The molecule has 3 heteroatoms. The second-order valence-corrected chi connectivity index (χ2v) is 4.14. The van der Waals surface area contributed by atoms with Crippen LogP contribution in [-0.4, -0.2) is 11.9 Å². The first-order valence-electron chi connectivity index (χ1n) is 6.11. The zero-order chi connectivity index (χ0) is 13.3. The highest BCUT2D eigenvalue weighted by Crippen LogP contribution is 2.21. The SMILES string of the molecule is C=CC(=O)OC(=O)C(=C)CC(CC)CCCC. The quantitative estimate of drug-likeness (QED) is 0.370. The number of rotatable bonds is 8. The number of carbonyl (C=O) groups excluding carboxylic acids is 2. The molecule has 3 nitrogen and oxygen atoms in total. The van der Waals surface area contributed by atoms with Crippen molar-refractivity contribution in [2.75, 3.05) is 0 Å². The average Bonchev–Trinajstić information content (AvgIpc) is 2.33. The third-order valence-corrected chi connectivity index (χ3v) is 2.73. The molecule has 17 heavy (non-hydrogen) atoms. The molecule has 0 heterocycles. The van der Waals surface area contributed by atoms with Crippen LogP contribution < -0.4 is 0 Å². The van der Waals surface area contributed by atoms with E-state index in [-0.39, 0.29) is 0 Å². The van der Waals surface area contributed by atoms with Crippen LogP contribution in [0.25, 0.3) is 0 Å². The van der Waals surface area contributed by atoms with Crippen molar-refractivity contribution in [1.82, 2.24) is 0 Å². The molecule has 0 aliphatic carbocycles. The number of hydrogen-bond acceptors (Lipinski definition) is 3. The molecule has 0 aromatic rings. The Morgan fingerprint density at radius 3 is 2.47 bits per heavy atom. The van der Waals surface area contributed by atoms with Crippen molar-refractivity contribution in [3.63, 3.8) is 0 Å². The van der Waals surface area contributed by atoms with Gasteiger partial charge in [-0.3, -0.25) is 0 Å². The summed E-state index contributed by atoms with van der Waals surface area (Å²) in [6, 6.07) is 0. The van der Waals surface area contributed by atoms with Crippen molar-refractivity contribution >= 4 is 11.9 Å². The van der Waals surface area contributed by atoms with Gasteiger partial charge < -0.3 is 4.74 Å². The minimum absolute atomic E-state index is 0.364. The molecule has 0 rings (SSSR count). The van der Waals surface area contributed by atoms with Gasteiger partial charge in [-0.25, -0.2) is 9.59 Å². The zero-order valence-corrected chi connectivity index (χ0v) is 10.8. The van der Waals surface area contributed by atoms with E-state index in [2.05, 4.69) is 31.7 Å². The maximum Gasteiger partial charge on any atom is 0.341 e. The predicted molar refractivity (Wildman–Crippen MR) is 68.4 cm³/mol. The summed E-state index contributed by atoms with van der Waals surface area (Å²) in [5, 5.41) is 0. The molecule has 0 saturated carbocycles. The highest BCUT2D eigenvalue weighted by atomic mass is 16.6. The standard InChI is InChI=1S/C14H22O3/c1-5-8-9-12(6-2)10-11(4)14(16)17-13(15)7-3/h7,12H,3-6,8-10H2,1-2H3. The molecule has 0 spiro atoms. The lowest BCUT2D eigenvalue weighted by Gasteiger charge is -2.14. The van der Waals surface area contributed by atoms with Gasteiger partial charge >= 0.3 is 11.9 Å². The van der Waals surface area contributed by atoms with E-state index in [1.54, 1.807) is 0 Å². The molecule has 0 radical (unpaired) electrons. The average molecular weight is 238 g/mol. The molecular weight excluding hydrogens is 216 g/mol. The van der Waals surface area contributed by atoms with Crippen molar-refractivity contribution in [2.45, 2.75) is 46.0 Å². The number of carbonyl (C=O) groups is 2. The summed E-state index contributed by atoms with van der Waals surface area (Å²) < 4.78 is 4.52. The molecule has 0 aliphatic rings. The summed E-state index contributed by atoms with van der Waals surface area (Å²) in [4.78, 5) is 22.3. The van der Waals surface area contributed by atoms with E-state index < -0.39 is 11.9 Å². The second kappa shape index (κ2) is 8.74. The highest BCUT2D eigenvalue weighted by Gasteiger charge is 2.16. The van der Waals surface area contributed by atoms with E-state index in [0.29, 0.717) is 17.9 Å². The highest BCUT2D eigenvalue weighted by molar-refractivity contribution is 5.98. The monoisotopic (exact) mass is 238 g/mol. The predicted octanol–water partition coefficient (Wildman–Crippen LogP) is 3.40. The lowest BCUT2D eigenvalue weighted by Crippen LogP contribution is -2.14. The fraction of sp³-hybridized carbons (Fsp3) is 0.571. The van der Waals surface area contributed by atoms with Crippen molar-refractivity contribution in [3.05, 3.63) is 24.8 Å². The lowest BCUT2D eigenvalue weighted by atomic mass is 9.92. The molecule has 0 aromatic carbocycles. The van der Waals surface area contributed by atoms with Crippen LogP contribution in [0.15, 0.2) is 24.8 Å². The van der Waals surface area contributed by atoms with E-state index in [4.69, 9.17) is 0 Å². The number of ether oxygens (including phenoxy) is 1. The molecule has 0 aliphatic heterocycles. The van der Waals surface area contributed by atoms with E-state index in [1.807, 2.05) is 0 Å². The minimum atomic E-state index is -0.724. The Morgan fingerprint density at radius 2 is 2.00 bits per heavy atom. The fourth-order valence-corrected chi connectivity index (χ4v) is 1.58. The largest absolute Gasteiger partial charge is 0.386 e. The molecule has 96 valence electrons. The first-order valence-corrected chi connectivity index (χ1v) is 6.11. The van der Waals surface area contributed by atoms with Crippen LogP contribution >= 0.6 is 0 Å². The van der Waals surface area contributed by atoms with Crippen LogP contribution in [0, 0.1) is 5.92 Å². The molecule has 1 unspecified atom stereocenters. The van der Waals surface area contributed by atoms with Gasteiger partial charge in [-0.05, 0) is 12.3 Å². The Morgan fingerprint density at radius 1 is 1.35 bits per heavy atom. The van der Waals surface area contributed by atoms with Crippen molar-refractivity contribution in [3.8, 4) is 0 Å². The molecule has 0 N–H and O–H groups in total. The smallest absolute Gasteiger partial charge is 0.341 e. The molecule has 0 saturated heterocycles. The maximum absolute atomic E-state index is 11.4. The third-order valence-electron chi connectivity index (χ3n) is 2.73. The van der Waals surface area contributed by atoms with E-state index in [0.717, 1.165) is 31.8 Å². The van der Waals surface area contributed by atoms with Crippen LogP contribution in [-0.2, 0) is 14.3 Å².